The number of aromatic nitrogens is 4. The Kier molecular flexibility index (Phi) is 3.69. The molecule has 0 bridgehead atoms. The van der Waals surface area contributed by atoms with Crippen molar-refractivity contribution >= 4 is 5.91 Å². The predicted molar refractivity (Wildman–Crippen MR) is 71.8 cm³/mol. The van der Waals surface area contributed by atoms with Crippen LogP contribution in [0.25, 0.3) is 0 Å². The minimum absolute atomic E-state index is 0.0965. The van der Waals surface area contributed by atoms with Gasteiger partial charge in [-0.25, -0.2) is 4.98 Å². The molecule has 0 unspecified atom stereocenters. The van der Waals surface area contributed by atoms with Crippen molar-refractivity contribution in [2.75, 3.05) is 0 Å². The summed E-state index contributed by atoms with van der Waals surface area (Å²) >= 11 is 0. The fourth-order valence-electron chi connectivity index (χ4n) is 2.09. The highest BCUT2D eigenvalue weighted by Crippen LogP contribution is 2.16. The molecule has 2 heterocycles. The standard InChI is InChI=1S/C13H19N5O/c1-8(2)18-6-5-11(10(18)4)13(19)16-9(3)12-14-7-15-17-12/h5-9H,1-4H3,(H,16,19)(H,14,15,17)/t9-/m1/s1. The molecule has 102 valence electrons. The van der Waals surface area contributed by atoms with E-state index in [0.29, 0.717) is 17.4 Å². The first kappa shape index (κ1) is 13.3. The van der Waals surface area contributed by atoms with E-state index in [1.165, 1.54) is 6.33 Å². The van der Waals surface area contributed by atoms with Crippen LogP contribution in [0.5, 0.6) is 0 Å². The minimum Gasteiger partial charge on any atom is -0.348 e. The lowest BCUT2D eigenvalue weighted by atomic mass is 10.2. The number of hydrogen-bond donors (Lipinski definition) is 2. The average molecular weight is 261 g/mol. The number of aromatic amines is 1. The first-order valence-corrected chi connectivity index (χ1v) is 6.34. The van der Waals surface area contributed by atoms with Gasteiger partial charge >= 0.3 is 0 Å². The highest BCUT2D eigenvalue weighted by molar-refractivity contribution is 5.95. The third-order valence-electron chi connectivity index (χ3n) is 3.17. The number of hydrogen-bond acceptors (Lipinski definition) is 3. The SMILES string of the molecule is Cc1c(C(=O)N[C@H](C)c2ncn[nH]2)ccn1C(C)C. The molecule has 0 saturated heterocycles. The molecule has 2 aromatic heterocycles. The molecule has 2 aromatic rings. The molecule has 1 amide bonds. The summed E-state index contributed by atoms with van der Waals surface area (Å²) in [6.45, 7) is 8.00. The smallest absolute Gasteiger partial charge is 0.253 e. The molecular weight excluding hydrogens is 242 g/mol. The molecule has 0 saturated carbocycles. The third-order valence-corrected chi connectivity index (χ3v) is 3.17. The molecule has 0 aromatic carbocycles. The molecule has 0 aliphatic carbocycles. The van der Waals surface area contributed by atoms with E-state index in [2.05, 4.69) is 38.9 Å². The Morgan fingerprint density at radius 1 is 1.42 bits per heavy atom. The fraction of sp³-hybridized carbons (Fsp3) is 0.462. The van der Waals surface area contributed by atoms with Crippen LogP contribution in [0.15, 0.2) is 18.6 Å². The van der Waals surface area contributed by atoms with E-state index in [4.69, 9.17) is 0 Å². The van der Waals surface area contributed by atoms with Crippen LogP contribution >= 0.6 is 0 Å². The van der Waals surface area contributed by atoms with Crippen LogP contribution in [0.1, 0.15) is 54.7 Å². The molecule has 19 heavy (non-hydrogen) atoms. The van der Waals surface area contributed by atoms with Gasteiger partial charge in [-0.2, -0.15) is 5.10 Å². The van der Waals surface area contributed by atoms with E-state index >= 15 is 0 Å². The van der Waals surface area contributed by atoms with Crippen molar-refractivity contribution in [3.8, 4) is 0 Å². The summed E-state index contributed by atoms with van der Waals surface area (Å²) in [4.78, 5) is 16.3. The molecule has 2 rings (SSSR count). The lowest BCUT2D eigenvalue weighted by molar-refractivity contribution is 0.0937. The van der Waals surface area contributed by atoms with Gasteiger partial charge < -0.3 is 9.88 Å². The maximum absolute atomic E-state index is 12.2. The van der Waals surface area contributed by atoms with Crippen molar-refractivity contribution in [1.82, 2.24) is 25.1 Å². The second-order valence-corrected chi connectivity index (χ2v) is 4.88. The van der Waals surface area contributed by atoms with Crippen LogP contribution in [0, 0.1) is 6.92 Å². The highest BCUT2D eigenvalue weighted by Gasteiger charge is 2.17. The Bertz CT molecular complexity index is 556. The molecule has 2 N–H and O–H groups in total. The monoisotopic (exact) mass is 261 g/mol. The molecule has 0 spiro atoms. The maximum Gasteiger partial charge on any atom is 0.253 e. The van der Waals surface area contributed by atoms with Gasteiger partial charge in [-0.1, -0.05) is 0 Å². The van der Waals surface area contributed by atoms with Gasteiger partial charge in [0.25, 0.3) is 5.91 Å². The van der Waals surface area contributed by atoms with Gasteiger partial charge in [0.2, 0.25) is 0 Å². The van der Waals surface area contributed by atoms with Crippen molar-refractivity contribution in [1.29, 1.82) is 0 Å². The molecule has 0 aliphatic rings. The predicted octanol–water partition coefficient (Wildman–Crippen LogP) is 1.99. The summed E-state index contributed by atoms with van der Waals surface area (Å²) in [6, 6.07) is 1.99. The Morgan fingerprint density at radius 3 is 2.68 bits per heavy atom. The van der Waals surface area contributed by atoms with E-state index in [1.54, 1.807) is 0 Å². The van der Waals surface area contributed by atoms with Crippen LogP contribution in [0.2, 0.25) is 0 Å². The Labute approximate surface area is 112 Å². The molecule has 0 radical (unpaired) electrons. The number of carbonyl (C=O) groups excluding carboxylic acids is 1. The fourth-order valence-corrected chi connectivity index (χ4v) is 2.09. The van der Waals surface area contributed by atoms with Crippen molar-refractivity contribution in [3.05, 3.63) is 35.7 Å². The van der Waals surface area contributed by atoms with Gasteiger partial charge in [-0.15, -0.1) is 0 Å². The van der Waals surface area contributed by atoms with E-state index in [0.717, 1.165) is 5.69 Å². The van der Waals surface area contributed by atoms with Gasteiger partial charge in [-0.05, 0) is 33.8 Å². The quantitative estimate of drug-likeness (QED) is 0.883. The molecule has 0 fully saturated rings. The molecule has 6 heteroatoms. The third kappa shape index (κ3) is 2.67. The number of nitrogens with zero attached hydrogens (tertiary/aromatic N) is 3. The molecule has 6 nitrogen and oxygen atoms in total. The summed E-state index contributed by atoms with van der Waals surface area (Å²) in [5.74, 6) is 0.551. The second kappa shape index (κ2) is 5.26. The van der Waals surface area contributed by atoms with Crippen molar-refractivity contribution in [2.24, 2.45) is 0 Å². The minimum atomic E-state index is -0.197. The van der Waals surface area contributed by atoms with Crippen molar-refractivity contribution < 1.29 is 4.79 Å². The average Bonchev–Trinajstić information content (AvgIpc) is 2.96. The topological polar surface area (TPSA) is 75.6 Å². The van der Waals surface area contributed by atoms with Crippen molar-refractivity contribution in [2.45, 2.75) is 39.8 Å². The zero-order valence-electron chi connectivity index (χ0n) is 11.6. The maximum atomic E-state index is 12.2. The number of rotatable bonds is 4. The number of H-pyrrole nitrogens is 1. The van der Waals surface area contributed by atoms with Gasteiger partial charge in [0.05, 0.1) is 11.6 Å². The second-order valence-electron chi connectivity index (χ2n) is 4.88. The normalized spacial score (nSPS) is 12.7. The molecular formula is C13H19N5O. The van der Waals surface area contributed by atoms with Gasteiger partial charge in [0.15, 0.2) is 0 Å². The Balaban J connectivity index is 2.12. The summed E-state index contributed by atoms with van der Waals surface area (Å²) < 4.78 is 2.08. The lowest BCUT2D eigenvalue weighted by Gasteiger charge is -2.13. The van der Waals surface area contributed by atoms with Crippen LogP contribution in [0.4, 0.5) is 0 Å². The number of amides is 1. The van der Waals surface area contributed by atoms with E-state index in [-0.39, 0.29) is 11.9 Å². The summed E-state index contributed by atoms with van der Waals surface area (Å²) in [5.41, 5.74) is 1.66. The van der Waals surface area contributed by atoms with Gasteiger partial charge in [0, 0.05) is 17.9 Å². The highest BCUT2D eigenvalue weighted by atomic mass is 16.1. The molecule has 1 atom stereocenters. The largest absolute Gasteiger partial charge is 0.348 e. The van der Waals surface area contributed by atoms with Crippen LogP contribution in [0.3, 0.4) is 0 Å². The van der Waals surface area contributed by atoms with Crippen molar-refractivity contribution in [3.63, 3.8) is 0 Å². The first-order chi connectivity index (χ1) is 9.00. The van der Waals surface area contributed by atoms with E-state index in [1.807, 2.05) is 26.1 Å². The Hall–Kier alpha value is -2.11. The number of nitrogens with one attached hydrogen (secondary N) is 2. The summed E-state index contributed by atoms with van der Waals surface area (Å²) in [6.07, 6.45) is 3.37. The van der Waals surface area contributed by atoms with Crippen LogP contribution in [-0.2, 0) is 0 Å². The summed E-state index contributed by atoms with van der Waals surface area (Å²) in [7, 11) is 0. The van der Waals surface area contributed by atoms with Gasteiger partial charge in [0.1, 0.15) is 12.2 Å². The zero-order chi connectivity index (χ0) is 14.0. The molecule has 0 aliphatic heterocycles. The zero-order valence-corrected chi connectivity index (χ0v) is 11.6. The van der Waals surface area contributed by atoms with E-state index in [9.17, 15) is 4.79 Å². The summed E-state index contributed by atoms with van der Waals surface area (Å²) in [5, 5.41) is 9.43. The van der Waals surface area contributed by atoms with Crippen LogP contribution < -0.4 is 5.32 Å². The van der Waals surface area contributed by atoms with Gasteiger partial charge in [-0.3, -0.25) is 9.89 Å². The van der Waals surface area contributed by atoms with Crippen LogP contribution in [-0.4, -0.2) is 25.7 Å². The Morgan fingerprint density at radius 2 is 2.16 bits per heavy atom. The van der Waals surface area contributed by atoms with E-state index < -0.39 is 0 Å². The first-order valence-electron chi connectivity index (χ1n) is 6.34. The number of carbonyl (C=O) groups is 1. The lowest BCUT2D eigenvalue weighted by Crippen LogP contribution is -2.27.